The lowest BCUT2D eigenvalue weighted by Crippen LogP contribution is -2.60. The van der Waals surface area contributed by atoms with Crippen molar-refractivity contribution in [3.05, 3.63) is 71.8 Å². The van der Waals surface area contributed by atoms with Crippen LogP contribution in [0.4, 0.5) is 0 Å². The third-order valence-electron chi connectivity index (χ3n) is 9.39. The average Bonchev–Trinajstić information content (AvgIpc) is 3.42. The van der Waals surface area contributed by atoms with Crippen LogP contribution in [0, 0.1) is 5.41 Å². The highest BCUT2D eigenvalue weighted by Gasteiger charge is 2.40. The zero-order valence-electron chi connectivity index (χ0n) is 31.7. The Morgan fingerprint density at radius 2 is 1.53 bits per heavy atom. The maximum Gasteiger partial charge on any atom is 0.326 e. The maximum atomic E-state index is 13.9. The first kappa shape index (κ1) is 42.0. The number of hydrogen-bond acceptors (Lipinski definition) is 8. The number of benzene rings is 2. The predicted octanol–water partition coefficient (Wildman–Crippen LogP) is 2.03. The van der Waals surface area contributed by atoms with Crippen molar-refractivity contribution < 1.29 is 38.7 Å². The highest BCUT2D eigenvalue weighted by molar-refractivity contribution is 6.12. The van der Waals surface area contributed by atoms with Crippen LogP contribution in [0.5, 0.6) is 0 Å². The van der Waals surface area contributed by atoms with Gasteiger partial charge in [-0.1, -0.05) is 83.2 Å². The van der Waals surface area contributed by atoms with E-state index in [1.54, 1.807) is 14.1 Å². The molecule has 1 heterocycles. The van der Waals surface area contributed by atoms with Gasteiger partial charge in [0.2, 0.25) is 23.6 Å². The van der Waals surface area contributed by atoms with Crippen LogP contribution in [-0.2, 0) is 39.0 Å². The van der Waals surface area contributed by atoms with Crippen molar-refractivity contribution in [2.45, 2.75) is 77.9 Å². The van der Waals surface area contributed by atoms with Crippen molar-refractivity contribution in [2.75, 3.05) is 33.7 Å². The number of carbonyl (C=O) groups excluding carboxylic acids is 6. The Labute approximate surface area is 310 Å². The molecule has 0 radical (unpaired) electrons. The van der Waals surface area contributed by atoms with Gasteiger partial charge in [-0.25, -0.2) is 4.79 Å². The molecule has 3 rings (SSSR count). The topological polar surface area (TPSA) is 194 Å². The van der Waals surface area contributed by atoms with E-state index in [1.165, 1.54) is 17.9 Å². The average molecular weight is 733 g/mol. The molecule has 0 saturated carbocycles. The summed E-state index contributed by atoms with van der Waals surface area (Å²) in [6.45, 7) is 10.9. The van der Waals surface area contributed by atoms with Gasteiger partial charge in [0, 0.05) is 56.2 Å². The van der Waals surface area contributed by atoms with E-state index in [0.717, 1.165) is 33.4 Å². The second-order valence-corrected chi connectivity index (χ2v) is 14.8. The molecule has 14 nitrogen and oxygen atoms in total. The lowest BCUT2D eigenvalue weighted by atomic mass is 9.76. The van der Waals surface area contributed by atoms with Gasteiger partial charge in [0.25, 0.3) is 11.8 Å². The standard InChI is InChI=1S/C39H52N6O8/c1-24(34(49)42-28(37(52)53)15-16-29(46)41-20-22-45-30(47)17-18-31(45)48)19-21-44(8)36(51)33(38(2,3)4)43-35(50)32(40-7)39(5,6)27-14-13-25-11-9-10-12-26(25)23-27/h9-14,17-19,23,28,32-33,40H,15-16,20-22H2,1-8H3,(H,41,46)(H,42,49)(H,43,50)(H,52,53)/b24-19+/t28-,32-,33?/m1/s1. The number of likely N-dealkylation sites (N-methyl/N-ethyl adjacent to an activating group) is 2. The van der Waals surface area contributed by atoms with Gasteiger partial charge in [-0.3, -0.25) is 33.7 Å². The monoisotopic (exact) mass is 732 g/mol. The van der Waals surface area contributed by atoms with Gasteiger partial charge in [-0.15, -0.1) is 0 Å². The number of nitrogens with zero attached hydrogens (tertiary/aromatic N) is 2. The van der Waals surface area contributed by atoms with Crippen molar-refractivity contribution in [3.8, 4) is 0 Å². The minimum atomic E-state index is -1.37. The number of rotatable bonds is 17. The van der Waals surface area contributed by atoms with Crippen LogP contribution in [0.25, 0.3) is 10.8 Å². The molecule has 0 aliphatic carbocycles. The number of amides is 6. The van der Waals surface area contributed by atoms with Gasteiger partial charge in [0.15, 0.2) is 0 Å². The minimum Gasteiger partial charge on any atom is -0.480 e. The van der Waals surface area contributed by atoms with Crippen LogP contribution in [0.2, 0.25) is 0 Å². The van der Waals surface area contributed by atoms with Crippen LogP contribution in [0.3, 0.4) is 0 Å². The quantitative estimate of drug-likeness (QED) is 0.120. The highest BCUT2D eigenvalue weighted by Crippen LogP contribution is 2.31. The normalized spacial score (nSPS) is 15.2. The van der Waals surface area contributed by atoms with E-state index in [-0.39, 0.29) is 49.9 Å². The minimum absolute atomic E-state index is 0.00371. The van der Waals surface area contributed by atoms with E-state index in [1.807, 2.05) is 71.0 Å². The lowest BCUT2D eigenvalue weighted by Gasteiger charge is -2.38. The molecule has 0 fully saturated rings. The number of carboxylic acid groups (broad SMARTS) is 1. The molecule has 0 saturated heterocycles. The SMILES string of the molecule is CN[C@H](C(=O)NC(C(=O)N(C)C/C=C(\C)C(=O)N[C@H](CCC(=O)NCCN1C(=O)C=CC1=O)C(=O)O)C(C)(C)C)C(C)(C)c1ccc2ccccc2c1. The summed E-state index contributed by atoms with van der Waals surface area (Å²) in [5, 5.41) is 22.9. The number of fused-ring (bicyclic) bond motifs is 1. The second kappa shape index (κ2) is 17.9. The Balaban J connectivity index is 1.59. The van der Waals surface area contributed by atoms with E-state index in [4.69, 9.17) is 0 Å². The molecule has 2 aromatic carbocycles. The summed E-state index contributed by atoms with van der Waals surface area (Å²) in [4.78, 5) is 90.3. The Morgan fingerprint density at radius 3 is 2.11 bits per heavy atom. The van der Waals surface area contributed by atoms with Gasteiger partial charge >= 0.3 is 5.97 Å². The van der Waals surface area contributed by atoms with Crippen molar-refractivity contribution in [2.24, 2.45) is 5.41 Å². The van der Waals surface area contributed by atoms with Gasteiger partial charge in [-0.05, 0) is 42.1 Å². The summed E-state index contributed by atoms with van der Waals surface area (Å²) in [6.07, 6.45) is 3.31. The molecular weight excluding hydrogens is 680 g/mol. The first-order valence-electron chi connectivity index (χ1n) is 17.5. The van der Waals surface area contributed by atoms with Crippen LogP contribution in [-0.4, -0.2) is 108 Å². The van der Waals surface area contributed by atoms with E-state index >= 15 is 0 Å². The van der Waals surface area contributed by atoms with E-state index in [2.05, 4.69) is 27.3 Å². The van der Waals surface area contributed by atoms with Crippen LogP contribution in [0.15, 0.2) is 66.3 Å². The van der Waals surface area contributed by atoms with E-state index in [0.29, 0.717) is 0 Å². The van der Waals surface area contributed by atoms with Crippen molar-refractivity contribution in [1.82, 2.24) is 31.1 Å². The largest absolute Gasteiger partial charge is 0.480 e. The fourth-order valence-electron chi connectivity index (χ4n) is 5.98. The van der Waals surface area contributed by atoms with Crippen LogP contribution < -0.4 is 21.3 Å². The van der Waals surface area contributed by atoms with Crippen molar-refractivity contribution >= 4 is 52.2 Å². The van der Waals surface area contributed by atoms with Crippen molar-refractivity contribution in [1.29, 1.82) is 0 Å². The van der Waals surface area contributed by atoms with E-state index in [9.17, 15) is 38.7 Å². The molecule has 0 aromatic heterocycles. The van der Waals surface area contributed by atoms with E-state index < -0.39 is 58.6 Å². The summed E-state index contributed by atoms with van der Waals surface area (Å²) < 4.78 is 0. The van der Waals surface area contributed by atoms with Gasteiger partial charge in [0.1, 0.15) is 12.1 Å². The molecule has 1 aliphatic rings. The van der Waals surface area contributed by atoms with Gasteiger partial charge < -0.3 is 31.3 Å². The number of carbonyl (C=O) groups is 7. The predicted molar refractivity (Wildman–Crippen MR) is 200 cm³/mol. The highest BCUT2D eigenvalue weighted by atomic mass is 16.4. The number of aliphatic carboxylic acids is 1. The van der Waals surface area contributed by atoms with Gasteiger partial charge in [-0.2, -0.15) is 0 Å². The number of nitrogens with one attached hydrogen (secondary N) is 4. The third kappa shape index (κ3) is 11.1. The fraction of sp³-hybridized carbons (Fsp3) is 0.462. The molecule has 3 atom stereocenters. The van der Waals surface area contributed by atoms with Crippen LogP contribution >= 0.6 is 0 Å². The molecular formula is C39H52N6O8. The molecule has 1 aliphatic heterocycles. The Morgan fingerprint density at radius 1 is 0.906 bits per heavy atom. The zero-order valence-corrected chi connectivity index (χ0v) is 31.7. The summed E-state index contributed by atoms with van der Waals surface area (Å²) in [6, 6.07) is 11.1. The summed E-state index contributed by atoms with van der Waals surface area (Å²) >= 11 is 0. The second-order valence-electron chi connectivity index (χ2n) is 14.8. The molecule has 53 heavy (non-hydrogen) atoms. The molecule has 286 valence electrons. The summed E-state index contributed by atoms with van der Waals surface area (Å²) in [5.41, 5.74) is -0.224. The first-order valence-corrected chi connectivity index (χ1v) is 17.5. The molecule has 0 bridgehead atoms. The molecule has 14 heteroatoms. The van der Waals surface area contributed by atoms with Crippen LogP contribution in [0.1, 0.15) is 59.9 Å². The first-order chi connectivity index (χ1) is 24.8. The smallest absolute Gasteiger partial charge is 0.326 e. The Hall–Kier alpha value is -5.37. The molecule has 5 N–H and O–H groups in total. The van der Waals surface area contributed by atoms with Gasteiger partial charge in [0.05, 0.1) is 6.04 Å². The number of imide groups is 1. The maximum absolute atomic E-state index is 13.9. The third-order valence-corrected chi connectivity index (χ3v) is 9.39. The molecule has 2 aromatic rings. The summed E-state index contributed by atoms with van der Waals surface area (Å²) in [7, 11) is 3.26. The Kier molecular flexibility index (Phi) is 14.2. The lowest BCUT2D eigenvalue weighted by molar-refractivity contribution is -0.142. The molecule has 6 amide bonds. The Bertz CT molecular complexity index is 1780. The van der Waals surface area contributed by atoms with Crippen molar-refractivity contribution in [3.63, 3.8) is 0 Å². The zero-order chi connectivity index (χ0) is 39.7. The number of carboxylic acids is 1. The summed E-state index contributed by atoms with van der Waals surface area (Å²) in [5.74, 6) is -4.22. The molecule has 1 unspecified atom stereocenters. The molecule has 0 spiro atoms. The fourth-order valence-corrected chi connectivity index (χ4v) is 5.98. The number of hydrogen-bond donors (Lipinski definition) is 5.